The highest BCUT2D eigenvalue weighted by Crippen LogP contribution is 2.55. The zero-order valence-corrected chi connectivity index (χ0v) is 35.7. The molecule has 0 aromatic heterocycles. The van der Waals surface area contributed by atoms with Gasteiger partial charge in [0.15, 0.2) is 0 Å². The number of amides is 5. The van der Waals surface area contributed by atoms with Crippen LogP contribution in [0.1, 0.15) is 105 Å². The molecule has 316 valence electrons. The molecule has 2 atom stereocenters. The summed E-state index contributed by atoms with van der Waals surface area (Å²) in [6.45, 7) is 12.0. The van der Waals surface area contributed by atoms with E-state index >= 15 is 0 Å². The Morgan fingerprint density at radius 1 is 0.793 bits per heavy atom. The second-order valence-electron chi connectivity index (χ2n) is 16.9. The highest BCUT2D eigenvalue weighted by molar-refractivity contribution is 7.49. The summed E-state index contributed by atoms with van der Waals surface area (Å²) in [6.07, 6.45) is 3.60. The minimum atomic E-state index is -4.06. The Balaban J connectivity index is 1.44. The third kappa shape index (κ3) is 14.2. The van der Waals surface area contributed by atoms with E-state index in [-0.39, 0.29) is 25.0 Å². The van der Waals surface area contributed by atoms with E-state index in [2.05, 4.69) is 33.4 Å². The Bertz CT molecular complexity index is 1940. The van der Waals surface area contributed by atoms with Crippen molar-refractivity contribution in [2.75, 3.05) is 6.54 Å². The van der Waals surface area contributed by atoms with Crippen LogP contribution in [-0.4, -0.2) is 64.9 Å². The van der Waals surface area contributed by atoms with Crippen LogP contribution in [0.5, 0.6) is 5.75 Å². The molecule has 0 radical (unpaired) electrons. The maximum absolute atomic E-state index is 14.1. The monoisotopic (exact) mass is 821 g/mol. The number of carbonyl (C=O) groups is 5. The number of nitrogens with one attached hydrogen (secondary N) is 4. The van der Waals surface area contributed by atoms with Crippen molar-refractivity contribution >= 4 is 48.1 Å². The van der Waals surface area contributed by atoms with Crippen molar-refractivity contribution in [1.82, 2.24) is 21.3 Å². The first-order chi connectivity index (χ1) is 27.2. The van der Waals surface area contributed by atoms with Gasteiger partial charge >= 0.3 is 7.82 Å². The smallest absolute Gasteiger partial charge is 0.404 e. The summed E-state index contributed by atoms with van der Waals surface area (Å²) in [4.78, 5) is 65.9. The lowest BCUT2D eigenvalue weighted by Gasteiger charge is -2.38. The molecule has 14 nitrogen and oxygen atoms in total. The zero-order chi connectivity index (χ0) is 42.7. The lowest BCUT2D eigenvalue weighted by molar-refractivity contribution is -0.139. The maximum Gasteiger partial charge on any atom is 0.531 e. The fourth-order valence-electron chi connectivity index (χ4n) is 6.95. The Hall–Kier alpha value is -4.78. The molecule has 0 bridgehead atoms. The van der Waals surface area contributed by atoms with Gasteiger partial charge in [-0.2, -0.15) is 0 Å². The van der Waals surface area contributed by atoms with E-state index in [9.17, 15) is 28.5 Å². The van der Waals surface area contributed by atoms with Crippen LogP contribution in [0.2, 0.25) is 0 Å². The predicted molar refractivity (Wildman–Crippen MR) is 223 cm³/mol. The topological polar surface area (TPSA) is 204 Å². The molecule has 0 unspecified atom stereocenters. The summed E-state index contributed by atoms with van der Waals surface area (Å²) in [5.41, 5.74) is 4.22. The Kier molecular flexibility index (Phi) is 15.7. The van der Waals surface area contributed by atoms with E-state index in [0.29, 0.717) is 37.8 Å². The molecule has 3 aromatic rings. The molecular weight excluding hydrogens is 761 g/mol. The van der Waals surface area contributed by atoms with Gasteiger partial charge in [0.05, 0.1) is 17.6 Å². The van der Waals surface area contributed by atoms with Crippen LogP contribution >= 0.6 is 7.82 Å². The van der Waals surface area contributed by atoms with Crippen molar-refractivity contribution in [1.29, 1.82) is 0 Å². The largest absolute Gasteiger partial charge is 0.531 e. The van der Waals surface area contributed by atoms with E-state index in [0.717, 1.165) is 22.8 Å². The summed E-state index contributed by atoms with van der Waals surface area (Å²) >= 11 is 0. The molecule has 6 N–H and O–H groups in total. The molecule has 1 aliphatic rings. The Morgan fingerprint density at radius 2 is 1.41 bits per heavy atom. The van der Waals surface area contributed by atoms with Crippen LogP contribution in [0.25, 0.3) is 10.8 Å². The number of hydrogen-bond donors (Lipinski definition) is 5. The van der Waals surface area contributed by atoms with Crippen molar-refractivity contribution in [3.8, 4) is 5.75 Å². The minimum absolute atomic E-state index is 0.0452. The number of benzene rings is 3. The quantitative estimate of drug-likeness (QED) is 0.0761. The molecule has 15 heteroatoms. The number of phosphoric acid groups is 1. The molecule has 3 aromatic carbocycles. The standard InChI is InChI=1S/C43H60N5O9P/c1-29(49)46-35(27-30-20-22-33(23-21-30)55-58(54,56-41(2,3)4)57-42(5,6)7)39(52)48-43(24-11-8-12-25-43)40(53)47-36(28-37(44)50)38(51)45-26-14-18-32-17-13-16-31-15-9-10-19-34(31)32/h9-10,13,15-17,19-23,35-36H,8,11-12,14,18,24-28H2,1-7H3,(H2,44,50)(H,45,51)(H,46,49)(H,47,53)(H,48,52)/t35-,36-/m0/s1. The number of aryl methyl sites for hydroxylation is 1. The fourth-order valence-corrected chi connectivity index (χ4v) is 8.78. The van der Waals surface area contributed by atoms with Crippen LogP contribution < -0.4 is 31.5 Å². The van der Waals surface area contributed by atoms with Gasteiger partial charge in [-0.15, -0.1) is 0 Å². The predicted octanol–water partition coefficient (Wildman–Crippen LogP) is 5.93. The normalized spacial score (nSPS) is 15.4. The van der Waals surface area contributed by atoms with Crippen molar-refractivity contribution < 1.29 is 42.1 Å². The van der Waals surface area contributed by atoms with Crippen molar-refractivity contribution in [2.24, 2.45) is 5.73 Å². The molecule has 1 saturated carbocycles. The van der Waals surface area contributed by atoms with E-state index in [1.165, 1.54) is 6.92 Å². The molecule has 0 spiro atoms. The van der Waals surface area contributed by atoms with Crippen LogP contribution in [-0.2, 0) is 50.4 Å². The van der Waals surface area contributed by atoms with Gasteiger partial charge in [-0.05, 0) is 101 Å². The zero-order valence-electron chi connectivity index (χ0n) is 34.8. The first kappa shape index (κ1) is 45.9. The lowest BCUT2D eigenvalue weighted by Crippen LogP contribution is -2.65. The molecule has 0 saturated heterocycles. The number of carbonyl (C=O) groups excluding carboxylic acids is 5. The van der Waals surface area contributed by atoms with Crippen LogP contribution in [0.15, 0.2) is 66.7 Å². The van der Waals surface area contributed by atoms with E-state index in [1.54, 1.807) is 65.8 Å². The second kappa shape index (κ2) is 19.8. The van der Waals surface area contributed by atoms with Gasteiger partial charge in [-0.25, -0.2) is 4.57 Å². The average Bonchev–Trinajstić information content (AvgIpc) is 3.11. The number of fused-ring (bicyclic) bond motifs is 1. The number of nitrogens with two attached hydrogens (primary N) is 1. The molecule has 58 heavy (non-hydrogen) atoms. The molecule has 1 fully saturated rings. The highest BCUT2D eigenvalue weighted by Gasteiger charge is 2.44. The Labute approximate surface area is 341 Å². The van der Waals surface area contributed by atoms with Gasteiger partial charge in [-0.3, -0.25) is 33.0 Å². The van der Waals surface area contributed by atoms with Gasteiger partial charge in [0, 0.05) is 19.9 Å². The van der Waals surface area contributed by atoms with E-state index in [1.807, 2.05) is 30.3 Å². The maximum atomic E-state index is 14.1. The highest BCUT2D eigenvalue weighted by atomic mass is 31.2. The summed E-state index contributed by atoms with van der Waals surface area (Å²) in [5, 5.41) is 13.4. The van der Waals surface area contributed by atoms with Crippen molar-refractivity contribution in [2.45, 2.75) is 135 Å². The average molecular weight is 822 g/mol. The summed E-state index contributed by atoms with van der Waals surface area (Å²) in [7, 11) is -4.06. The van der Waals surface area contributed by atoms with Crippen LogP contribution in [0.4, 0.5) is 0 Å². The number of rotatable bonds is 18. The van der Waals surface area contributed by atoms with Gasteiger partial charge in [0.25, 0.3) is 0 Å². The molecular formula is C43H60N5O9P. The first-order valence-electron chi connectivity index (χ1n) is 19.9. The third-order valence-corrected chi connectivity index (χ3v) is 11.4. The van der Waals surface area contributed by atoms with Crippen molar-refractivity contribution in [3.05, 3.63) is 77.9 Å². The van der Waals surface area contributed by atoms with Crippen LogP contribution in [0, 0.1) is 0 Å². The second-order valence-corrected chi connectivity index (χ2v) is 18.4. The lowest BCUT2D eigenvalue weighted by atomic mass is 9.80. The van der Waals surface area contributed by atoms with Gasteiger partial charge in [0.1, 0.15) is 23.4 Å². The van der Waals surface area contributed by atoms with Gasteiger partial charge in [-0.1, -0.05) is 73.9 Å². The third-order valence-electron chi connectivity index (χ3n) is 9.38. The first-order valence-corrected chi connectivity index (χ1v) is 21.3. The summed E-state index contributed by atoms with van der Waals surface area (Å²) in [5.74, 6) is -2.79. The molecule has 5 amide bonds. The molecule has 4 rings (SSSR count). The number of primary amides is 1. The van der Waals surface area contributed by atoms with Crippen LogP contribution in [0.3, 0.4) is 0 Å². The number of phosphoric ester groups is 1. The molecule has 1 aliphatic carbocycles. The number of hydrogen-bond acceptors (Lipinski definition) is 9. The Morgan fingerprint density at radius 3 is 2.02 bits per heavy atom. The van der Waals surface area contributed by atoms with E-state index in [4.69, 9.17) is 19.3 Å². The van der Waals surface area contributed by atoms with E-state index < -0.39 is 72.6 Å². The molecule has 0 aliphatic heterocycles. The molecule has 0 heterocycles. The van der Waals surface area contributed by atoms with Gasteiger partial charge < -0.3 is 31.5 Å². The fraction of sp³-hybridized carbons (Fsp3) is 0.512. The minimum Gasteiger partial charge on any atom is -0.404 e. The summed E-state index contributed by atoms with van der Waals surface area (Å²) < 4.78 is 30.8. The summed E-state index contributed by atoms with van der Waals surface area (Å²) in [6, 6.07) is 18.3. The van der Waals surface area contributed by atoms with Gasteiger partial charge in [0.2, 0.25) is 29.5 Å². The SMILES string of the molecule is CC(=O)N[C@@H](Cc1ccc(OP(=O)(OC(C)(C)C)OC(C)(C)C)cc1)C(=O)NC1(C(=O)N[C@@H](CC(N)=O)C(=O)NCCCc2cccc3ccccc23)CCCCC1. The van der Waals surface area contributed by atoms with Crippen molar-refractivity contribution in [3.63, 3.8) is 0 Å².